The minimum Gasteiger partial charge on any atom is -0.481 e. The van der Waals surface area contributed by atoms with Crippen molar-refractivity contribution in [2.24, 2.45) is 17.8 Å². The maximum Gasteiger partial charge on any atom is 0.303 e. The molecule has 0 unspecified atom stereocenters. The number of alkyl halides is 2. The van der Waals surface area contributed by atoms with Gasteiger partial charge in [0.15, 0.2) is 0 Å². The van der Waals surface area contributed by atoms with Gasteiger partial charge in [-0.25, -0.2) is 4.39 Å². The zero-order valence-electron chi connectivity index (χ0n) is 16.4. The molecule has 0 aromatic carbocycles. The number of hydrogen-bond donors (Lipinski definition) is 2. The first kappa shape index (κ1) is 23.1. The number of aliphatic hydroxyl groups excluding tert-OH is 1. The second-order valence-corrected chi connectivity index (χ2v) is 9.84. The molecular formula is C21H34FIO4. The Balaban J connectivity index is 1.86. The van der Waals surface area contributed by atoms with Crippen molar-refractivity contribution >= 4 is 28.6 Å². The molecule has 2 aliphatic rings. The number of rotatable bonds is 11. The quantitative estimate of drug-likeness (QED) is 0.242. The van der Waals surface area contributed by atoms with Crippen molar-refractivity contribution in [2.45, 2.75) is 93.6 Å². The van der Waals surface area contributed by atoms with Crippen LogP contribution in [0.25, 0.3) is 0 Å². The molecule has 0 aromatic heterocycles. The Morgan fingerprint density at radius 3 is 2.74 bits per heavy atom. The maximum atomic E-state index is 14.0. The van der Waals surface area contributed by atoms with E-state index >= 15 is 0 Å². The SMILES string of the molecule is CCCC[C@@H](F)[C@H](O)C=C[C@@H]1[C@H]2C[C@@H]([C@@H](I)CCCC(=O)O)O[C@H]2C[C@H]1C. The minimum absolute atomic E-state index is 0.168. The Morgan fingerprint density at radius 1 is 1.33 bits per heavy atom. The standard InChI is InChI=1S/C21H34FIO4/c1-3-4-6-16(22)18(24)10-9-14-13(2)11-19-15(14)12-20(27-19)17(23)7-5-8-21(25)26/h9-10,13-20,24H,3-8,11-12H2,1-2H3,(H,25,26)/t13-,14+,15-,16-,17+,18-,19+,20+/m1/s1. The molecule has 6 heteroatoms. The molecule has 0 spiro atoms. The fourth-order valence-corrected chi connectivity index (χ4v) is 5.42. The van der Waals surface area contributed by atoms with Crippen LogP contribution in [0, 0.1) is 17.8 Å². The highest BCUT2D eigenvalue weighted by atomic mass is 127. The van der Waals surface area contributed by atoms with Crippen LogP contribution in [0.15, 0.2) is 12.2 Å². The summed E-state index contributed by atoms with van der Waals surface area (Å²) in [5, 5.41) is 18.9. The van der Waals surface area contributed by atoms with E-state index in [0.717, 1.165) is 32.1 Å². The molecular weight excluding hydrogens is 462 g/mol. The Morgan fingerprint density at radius 2 is 2.07 bits per heavy atom. The van der Waals surface area contributed by atoms with Gasteiger partial charge < -0.3 is 14.9 Å². The van der Waals surface area contributed by atoms with Gasteiger partial charge in [0.05, 0.1) is 12.2 Å². The van der Waals surface area contributed by atoms with Crippen LogP contribution in [0.3, 0.4) is 0 Å². The topological polar surface area (TPSA) is 66.8 Å². The van der Waals surface area contributed by atoms with E-state index in [1.54, 1.807) is 6.08 Å². The number of fused-ring (bicyclic) bond motifs is 1. The van der Waals surface area contributed by atoms with E-state index in [1.165, 1.54) is 0 Å². The van der Waals surface area contributed by atoms with Gasteiger partial charge in [-0.1, -0.05) is 61.4 Å². The van der Waals surface area contributed by atoms with Gasteiger partial charge in [0.2, 0.25) is 0 Å². The van der Waals surface area contributed by atoms with Gasteiger partial charge in [-0.05, 0) is 49.9 Å². The molecule has 2 N–H and O–H groups in total. The first-order valence-corrected chi connectivity index (χ1v) is 11.6. The number of allylic oxidation sites excluding steroid dienone is 1. The molecule has 27 heavy (non-hydrogen) atoms. The molecule has 1 heterocycles. The molecule has 156 valence electrons. The highest BCUT2D eigenvalue weighted by Crippen LogP contribution is 2.48. The number of aliphatic hydroxyl groups is 1. The van der Waals surface area contributed by atoms with E-state index in [0.29, 0.717) is 34.5 Å². The maximum absolute atomic E-state index is 14.0. The van der Waals surface area contributed by atoms with Crippen LogP contribution in [-0.2, 0) is 9.53 Å². The summed E-state index contributed by atoms with van der Waals surface area (Å²) >= 11 is 2.39. The largest absolute Gasteiger partial charge is 0.481 e. The van der Waals surface area contributed by atoms with E-state index in [-0.39, 0.29) is 18.6 Å². The number of hydrogen-bond acceptors (Lipinski definition) is 3. The lowest BCUT2D eigenvalue weighted by Gasteiger charge is -2.21. The summed E-state index contributed by atoms with van der Waals surface area (Å²) in [5.41, 5.74) is 0. The average molecular weight is 496 g/mol. The number of aliphatic carboxylic acids is 1. The van der Waals surface area contributed by atoms with E-state index < -0.39 is 18.2 Å². The van der Waals surface area contributed by atoms with Gasteiger partial charge in [-0.15, -0.1) is 0 Å². The van der Waals surface area contributed by atoms with E-state index in [1.807, 2.05) is 13.0 Å². The van der Waals surface area contributed by atoms with Crippen LogP contribution in [-0.4, -0.2) is 44.6 Å². The molecule has 0 bridgehead atoms. The minimum atomic E-state index is -1.19. The molecule has 1 saturated heterocycles. The molecule has 4 nitrogen and oxygen atoms in total. The molecule has 1 aliphatic carbocycles. The van der Waals surface area contributed by atoms with Crippen LogP contribution in [0.2, 0.25) is 0 Å². The predicted octanol–water partition coefficient (Wildman–Crippen LogP) is 4.92. The van der Waals surface area contributed by atoms with E-state index in [4.69, 9.17) is 9.84 Å². The third-order valence-corrected chi connectivity index (χ3v) is 7.52. The second-order valence-electron chi connectivity index (χ2n) is 8.24. The van der Waals surface area contributed by atoms with E-state index in [9.17, 15) is 14.3 Å². The molecule has 0 amide bonds. The van der Waals surface area contributed by atoms with Gasteiger partial charge in [0.1, 0.15) is 12.3 Å². The number of halogens is 2. The lowest BCUT2D eigenvalue weighted by atomic mass is 9.86. The van der Waals surface area contributed by atoms with Crippen LogP contribution >= 0.6 is 22.6 Å². The molecule has 8 atom stereocenters. The van der Waals surface area contributed by atoms with Crippen molar-refractivity contribution in [3.8, 4) is 0 Å². The number of carbonyl (C=O) groups is 1. The van der Waals surface area contributed by atoms with Crippen LogP contribution < -0.4 is 0 Å². The summed E-state index contributed by atoms with van der Waals surface area (Å²) in [6.07, 6.45) is 7.73. The third-order valence-electron chi connectivity index (χ3n) is 6.10. The lowest BCUT2D eigenvalue weighted by molar-refractivity contribution is -0.137. The zero-order valence-corrected chi connectivity index (χ0v) is 18.6. The van der Waals surface area contributed by atoms with Gasteiger partial charge in [0.25, 0.3) is 0 Å². The van der Waals surface area contributed by atoms with Crippen LogP contribution in [0.4, 0.5) is 4.39 Å². The fourth-order valence-electron chi connectivity index (χ4n) is 4.51. The number of carboxylic acids is 1. The Bertz CT molecular complexity index is 501. The molecule has 0 aromatic rings. The Hall–Kier alpha value is -0.210. The monoisotopic (exact) mass is 496 g/mol. The zero-order chi connectivity index (χ0) is 20.0. The lowest BCUT2D eigenvalue weighted by Crippen LogP contribution is -2.23. The van der Waals surface area contributed by atoms with Gasteiger partial charge in [-0.3, -0.25) is 4.79 Å². The number of ether oxygens (including phenoxy) is 1. The first-order valence-electron chi connectivity index (χ1n) is 10.3. The molecule has 2 rings (SSSR count). The Labute approximate surface area is 176 Å². The summed E-state index contributed by atoms with van der Waals surface area (Å²) < 4.78 is 20.6. The summed E-state index contributed by atoms with van der Waals surface area (Å²) in [6, 6.07) is 0. The van der Waals surface area contributed by atoms with Crippen molar-refractivity contribution in [3.63, 3.8) is 0 Å². The van der Waals surface area contributed by atoms with Crippen LogP contribution in [0.1, 0.15) is 65.2 Å². The van der Waals surface area contributed by atoms with Crippen molar-refractivity contribution in [1.29, 1.82) is 0 Å². The van der Waals surface area contributed by atoms with Gasteiger partial charge in [0, 0.05) is 10.3 Å². The number of unbranched alkanes of at least 4 members (excludes halogenated alkanes) is 1. The van der Waals surface area contributed by atoms with Gasteiger partial charge in [-0.2, -0.15) is 0 Å². The summed E-state index contributed by atoms with van der Waals surface area (Å²) in [5.74, 6) is 0.456. The fraction of sp³-hybridized carbons (Fsp3) is 0.857. The molecule has 1 aliphatic heterocycles. The summed E-state index contributed by atoms with van der Waals surface area (Å²) in [4.78, 5) is 10.7. The molecule has 1 saturated carbocycles. The normalized spacial score (nSPS) is 33.9. The molecule has 0 radical (unpaired) electrons. The highest BCUT2D eigenvalue weighted by Gasteiger charge is 2.48. The third kappa shape index (κ3) is 6.67. The second kappa shape index (κ2) is 11.1. The van der Waals surface area contributed by atoms with Gasteiger partial charge >= 0.3 is 5.97 Å². The van der Waals surface area contributed by atoms with E-state index in [2.05, 4.69) is 29.5 Å². The van der Waals surface area contributed by atoms with Crippen LogP contribution in [0.5, 0.6) is 0 Å². The summed E-state index contributed by atoms with van der Waals surface area (Å²) in [6.45, 7) is 4.23. The van der Waals surface area contributed by atoms with Crippen molar-refractivity contribution < 1.29 is 24.1 Å². The van der Waals surface area contributed by atoms with Crippen molar-refractivity contribution in [3.05, 3.63) is 12.2 Å². The highest BCUT2D eigenvalue weighted by molar-refractivity contribution is 14.1. The van der Waals surface area contributed by atoms with Crippen molar-refractivity contribution in [2.75, 3.05) is 0 Å². The average Bonchev–Trinajstić information content (AvgIpc) is 3.14. The predicted molar refractivity (Wildman–Crippen MR) is 113 cm³/mol. The smallest absolute Gasteiger partial charge is 0.303 e. The summed E-state index contributed by atoms with van der Waals surface area (Å²) in [7, 11) is 0. The first-order chi connectivity index (χ1) is 12.8. The number of carboxylic acid groups (broad SMARTS) is 1. The Kier molecular flexibility index (Phi) is 9.48. The molecule has 2 fully saturated rings. The van der Waals surface area contributed by atoms with Crippen molar-refractivity contribution in [1.82, 2.24) is 0 Å².